The van der Waals surface area contributed by atoms with Crippen LogP contribution in [0.4, 0.5) is 0 Å². The molecule has 1 fully saturated rings. The van der Waals surface area contributed by atoms with E-state index in [0.29, 0.717) is 6.42 Å². The van der Waals surface area contributed by atoms with Crippen molar-refractivity contribution in [3.05, 3.63) is 18.0 Å². The van der Waals surface area contributed by atoms with Gasteiger partial charge >= 0.3 is 5.97 Å². The predicted octanol–water partition coefficient (Wildman–Crippen LogP) is 3.41. The van der Waals surface area contributed by atoms with Crippen molar-refractivity contribution in [1.82, 2.24) is 9.78 Å². The summed E-state index contributed by atoms with van der Waals surface area (Å²) in [5.41, 5.74) is 0.318. The molecule has 20 heavy (non-hydrogen) atoms. The van der Waals surface area contributed by atoms with Gasteiger partial charge in [-0.1, -0.05) is 26.2 Å². The normalized spacial score (nSPS) is 26.6. The number of unbranched alkanes of at least 4 members (excludes halogenated alkanes) is 1. The van der Waals surface area contributed by atoms with E-state index in [1.165, 1.54) is 19.3 Å². The number of nitrogens with zero attached hydrogens (tertiary/aromatic N) is 2. The maximum Gasteiger partial charge on any atom is 0.310 e. The highest BCUT2D eigenvalue weighted by Crippen LogP contribution is 2.43. The average Bonchev–Trinajstić information content (AvgIpc) is 2.83. The summed E-state index contributed by atoms with van der Waals surface area (Å²) >= 11 is 0. The largest absolute Gasteiger partial charge is 0.481 e. The van der Waals surface area contributed by atoms with E-state index >= 15 is 0 Å². The van der Waals surface area contributed by atoms with E-state index in [1.807, 2.05) is 19.3 Å². The summed E-state index contributed by atoms with van der Waals surface area (Å²) in [6, 6.07) is 1.94. The van der Waals surface area contributed by atoms with Crippen LogP contribution < -0.4 is 0 Å². The number of rotatable bonds is 6. The van der Waals surface area contributed by atoms with Crippen molar-refractivity contribution in [3.8, 4) is 0 Å². The van der Waals surface area contributed by atoms with Crippen LogP contribution in [0.25, 0.3) is 0 Å². The van der Waals surface area contributed by atoms with E-state index in [4.69, 9.17) is 0 Å². The first-order valence-corrected chi connectivity index (χ1v) is 7.77. The van der Waals surface area contributed by atoms with Gasteiger partial charge in [-0.25, -0.2) is 0 Å². The van der Waals surface area contributed by atoms with E-state index in [9.17, 15) is 9.90 Å². The van der Waals surface area contributed by atoms with Gasteiger partial charge in [0, 0.05) is 19.7 Å². The van der Waals surface area contributed by atoms with E-state index in [2.05, 4.69) is 12.0 Å². The van der Waals surface area contributed by atoms with Gasteiger partial charge in [0.1, 0.15) is 0 Å². The molecule has 0 atom stereocenters. The fraction of sp³-hybridized carbons (Fsp3) is 0.750. The number of hydrogen-bond donors (Lipinski definition) is 1. The molecule has 0 saturated heterocycles. The van der Waals surface area contributed by atoms with Crippen LogP contribution in [-0.4, -0.2) is 20.9 Å². The lowest BCUT2D eigenvalue weighted by atomic mass is 9.67. The molecule has 0 radical (unpaired) electrons. The molecule has 0 aromatic carbocycles. The topological polar surface area (TPSA) is 55.1 Å². The highest BCUT2D eigenvalue weighted by Gasteiger charge is 2.42. The number of carboxylic acids is 1. The van der Waals surface area contributed by atoms with Gasteiger partial charge in [0.2, 0.25) is 0 Å². The molecule has 1 N–H and O–H groups in total. The summed E-state index contributed by atoms with van der Waals surface area (Å²) in [6.45, 7) is 2.21. The highest BCUT2D eigenvalue weighted by atomic mass is 16.4. The van der Waals surface area contributed by atoms with Crippen molar-refractivity contribution < 1.29 is 9.90 Å². The standard InChI is InChI=1S/C16H26N2O2/c1-3-4-5-13-6-9-16(10-7-13,15(19)20)12-14-8-11-18(2)17-14/h8,11,13H,3-7,9-10,12H2,1-2H3,(H,19,20). The maximum atomic E-state index is 11.8. The molecule has 0 bridgehead atoms. The third kappa shape index (κ3) is 3.41. The Bertz CT molecular complexity index is 445. The summed E-state index contributed by atoms with van der Waals surface area (Å²) in [5.74, 6) is 0.0863. The average molecular weight is 278 g/mol. The van der Waals surface area contributed by atoms with Gasteiger partial charge in [0.15, 0.2) is 0 Å². The van der Waals surface area contributed by atoms with Crippen LogP contribution in [0.5, 0.6) is 0 Å². The van der Waals surface area contributed by atoms with Crippen LogP contribution >= 0.6 is 0 Å². The van der Waals surface area contributed by atoms with Crippen LogP contribution in [0.15, 0.2) is 12.3 Å². The van der Waals surface area contributed by atoms with Crippen LogP contribution in [-0.2, 0) is 18.3 Å². The molecule has 1 saturated carbocycles. The molecule has 0 aliphatic heterocycles. The van der Waals surface area contributed by atoms with Gasteiger partial charge < -0.3 is 5.11 Å². The molecular formula is C16H26N2O2. The molecule has 1 aliphatic carbocycles. The molecule has 0 spiro atoms. The number of aliphatic carboxylic acids is 1. The van der Waals surface area contributed by atoms with Gasteiger partial charge in [-0.15, -0.1) is 0 Å². The van der Waals surface area contributed by atoms with Gasteiger partial charge in [-0.2, -0.15) is 5.10 Å². The molecule has 112 valence electrons. The number of aromatic nitrogens is 2. The lowest BCUT2D eigenvalue weighted by Gasteiger charge is -2.36. The first-order valence-electron chi connectivity index (χ1n) is 7.77. The Kier molecular flexibility index (Phi) is 4.84. The predicted molar refractivity (Wildman–Crippen MR) is 78.5 cm³/mol. The fourth-order valence-electron chi connectivity index (χ4n) is 3.38. The minimum atomic E-state index is -0.642. The molecular weight excluding hydrogens is 252 g/mol. The monoisotopic (exact) mass is 278 g/mol. The Morgan fingerprint density at radius 2 is 2.20 bits per heavy atom. The van der Waals surface area contributed by atoms with E-state index < -0.39 is 11.4 Å². The summed E-state index contributed by atoms with van der Waals surface area (Å²) in [5, 5.41) is 14.0. The van der Waals surface area contributed by atoms with Crippen molar-refractivity contribution >= 4 is 5.97 Å². The van der Waals surface area contributed by atoms with Gasteiger partial charge in [-0.05, 0) is 37.7 Å². The molecule has 2 rings (SSSR count). The quantitative estimate of drug-likeness (QED) is 0.867. The molecule has 1 aromatic heterocycles. The zero-order valence-electron chi connectivity index (χ0n) is 12.6. The Balaban J connectivity index is 2.00. The molecule has 1 aromatic rings. The number of hydrogen-bond acceptors (Lipinski definition) is 2. The molecule has 4 heteroatoms. The van der Waals surface area contributed by atoms with Crippen molar-refractivity contribution in [2.24, 2.45) is 18.4 Å². The third-order valence-corrected chi connectivity index (χ3v) is 4.77. The van der Waals surface area contributed by atoms with E-state index in [1.54, 1.807) is 4.68 Å². The molecule has 4 nitrogen and oxygen atoms in total. The molecule has 0 amide bonds. The minimum absolute atomic E-state index is 0.573. The minimum Gasteiger partial charge on any atom is -0.481 e. The Morgan fingerprint density at radius 1 is 1.50 bits per heavy atom. The first-order chi connectivity index (χ1) is 9.55. The van der Waals surface area contributed by atoms with E-state index in [-0.39, 0.29) is 0 Å². The lowest BCUT2D eigenvalue weighted by Crippen LogP contribution is -2.37. The van der Waals surface area contributed by atoms with Crippen LogP contribution in [0, 0.1) is 11.3 Å². The van der Waals surface area contributed by atoms with Crippen molar-refractivity contribution in [2.75, 3.05) is 0 Å². The summed E-state index contributed by atoms with van der Waals surface area (Å²) in [4.78, 5) is 11.8. The molecule has 1 heterocycles. The van der Waals surface area contributed by atoms with Gasteiger partial charge in [0.05, 0.1) is 11.1 Å². The first kappa shape index (κ1) is 15.1. The van der Waals surface area contributed by atoms with Gasteiger partial charge in [0.25, 0.3) is 0 Å². The van der Waals surface area contributed by atoms with E-state index in [0.717, 1.165) is 37.3 Å². The summed E-state index contributed by atoms with van der Waals surface area (Å²) in [6.07, 6.45) is 9.93. The third-order valence-electron chi connectivity index (χ3n) is 4.77. The van der Waals surface area contributed by atoms with Crippen molar-refractivity contribution in [3.63, 3.8) is 0 Å². The van der Waals surface area contributed by atoms with Crippen molar-refractivity contribution in [1.29, 1.82) is 0 Å². The number of carboxylic acid groups (broad SMARTS) is 1. The second-order valence-electron chi connectivity index (χ2n) is 6.33. The zero-order valence-corrected chi connectivity index (χ0v) is 12.6. The van der Waals surface area contributed by atoms with Crippen molar-refractivity contribution in [2.45, 2.75) is 58.3 Å². The lowest BCUT2D eigenvalue weighted by molar-refractivity contribution is -0.151. The zero-order chi connectivity index (χ0) is 14.6. The summed E-state index contributed by atoms with van der Waals surface area (Å²) in [7, 11) is 1.87. The smallest absolute Gasteiger partial charge is 0.310 e. The second-order valence-corrected chi connectivity index (χ2v) is 6.33. The van der Waals surface area contributed by atoms with Crippen LogP contribution in [0.1, 0.15) is 57.6 Å². The highest BCUT2D eigenvalue weighted by molar-refractivity contribution is 5.75. The maximum absolute atomic E-state index is 11.8. The van der Waals surface area contributed by atoms with Gasteiger partial charge in [-0.3, -0.25) is 9.48 Å². The Labute approximate surface area is 121 Å². The number of carbonyl (C=O) groups is 1. The molecule has 0 unspecified atom stereocenters. The Morgan fingerprint density at radius 3 is 2.70 bits per heavy atom. The Hall–Kier alpha value is -1.32. The van der Waals surface area contributed by atoms with Crippen LogP contribution in [0.3, 0.4) is 0 Å². The number of aryl methyl sites for hydroxylation is 1. The van der Waals surface area contributed by atoms with Crippen LogP contribution in [0.2, 0.25) is 0 Å². The summed E-state index contributed by atoms with van der Waals surface area (Å²) < 4.78 is 1.75. The molecule has 1 aliphatic rings. The SMILES string of the molecule is CCCCC1CCC(Cc2ccn(C)n2)(C(=O)O)CC1. The second kappa shape index (κ2) is 6.42. The fourth-order valence-corrected chi connectivity index (χ4v) is 3.38.